The van der Waals surface area contributed by atoms with Gasteiger partial charge in [0.15, 0.2) is 0 Å². The lowest BCUT2D eigenvalue weighted by Gasteiger charge is -2.29. The molecule has 0 spiro atoms. The van der Waals surface area contributed by atoms with Crippen molar-refractivity contribution in [2.24, 2.45) is 17.1 Å². The Labute approximate surface area is 99.8 Å². The smallest absolute Gasteiger partial charge is 0.222 e. The summed E-state index contributed by atoms with van der Waals surface area (Å²) in [5, 5.41) is 0. The maximum atomic E-state index is 11.6. The van der Waals surface area contributed by atoms with Crippen molar-refractivity contribution < 1.29 is 4.79 Å². The molecule has 0 heterocycles. The van der Waals surface area contributed by atoms with Crippen LogP contribution in [0.15, 0.2) is 0 Å². The van der Waals surface area contributed by atoms with Crippen LogP contribution in [-0.2, 0) is 4.79 Å². The van der Waals surface area contributed by atoms with E-state index in [0.29, 0.717) is 18.9 Å². The third-order valence-electron chi connectivity index (χ3n) is 2.23. The van der Waals surface area contributed by atoms with E-state index < -0.39 is 0 Å². The van der Waals surface area contributed by atoms with Crippen molar-refractivity contribution in [2.45, 2.75) is 34.1 Å². The summed E-state index contributed by atoms with van der Waals surface area (Å²) in [5.41, 5.74) is 5.63. The number of halogens is 1. The van der Waals surface area contributed by atoms with E-state index in [2.05, 4.69) is 27.7 Å². The Kier molecular flexibility index (Phi) is 8.07. The van der Waals surface area contributed by atoms with Crippen molar-refractivity contribution in [3.63, 3.8) is 0 Å². The lowest BCUT2D eigenvalue weighted by Crippen LogP contribution is -2.40. The number of carbonyl (C=O) groups excluding carboxylic acids is 1. The largest absolute Gasteiger partial charge is 0.345 e. The quantitative estimate of drug-likeness (QED) is 0.793. The lowest BCUT2D eigenvalue weighted by atomic mass is 9.93. The van der Waals surface area contributed by atoms with Gasteiger partial charge in [0, 0.05) is 20.0 Å². The molecule has 0 aliphatic rings. The molecule has 0 bridgehead atoms. The fourth-order valence-corrected chi connectivity index (χ4v) is 1.30. The van der Waals surface area contributed by atoms with Gasteiger partial charge in [0.05, 0.1) is 0 Å². The van der Waals surface area contributed by atoms with Crippen molar-refractivity contribution in [2.75, 3.05) is 20.1 Å². The average molecular weight is 237 g/mol. The van der Waals surface area contributed by atoms with E-state index in [1.54, 1.807) is 4.90 Å². The molecule has 0 unspecified atom stereocenters. The highest BCUT2D eigenvalue weighted by molar-refractivity contribution is 5.85. The molecule has 0 aliphatic carbocycles. The standard InChI is InChI=1S/C11H24N2O.ClH/c1-9(2)6-10(14)13(5)8-11(3,4)7-12;/h9H,6-8,12H2,1-5H3;1H. The summed E-state index contributed by atoms with van der Waals surface area (Å²) in [6.07, 6.45) is 0.622. The first kappa shape index (κ1) is 17.1. The Bertz CT molecular complexity index is 193. The summed E-state index contributed by atoms with van der Waals surface area (Å²) in [6.45, 7) is 9.60. The van der Waals surface area contributed by atoms with Gasteiger partial charge in [-0.2, -0.15) is 0 Å². The second-order valence-electron chi connectivity index (χ2n) is 5.22. The van der Waals surface area contributed by atoms with E-state index in [1.165, 1.54) is 0 Å². The molecule has 4 heteroatoms. The number of rotatable bonds is 5. The van der Waals surface area contributed by atoms with Gasteiger partial charge in [-0.3, -0.25) is 4.79 Å². The predicted molar refractivity (Wildman–Crippen MR) is 67.2 cm³/mol. The van der Waals surface area contributed by atoms with Gasteiger partial charge in [-0.1, -0.05) is 27.7 Å². The third kappa shape index (κ3) is 7.63. The molecule has 0 radical (unpaired) electrons. The zero-order chi connectivity index (χ0) is 11.4. The Balaban J connectivity index is 0. The first-order chi connectivity index (χ1) is 6.28. The highest BCUT2D eigenvalue weighted by Crippen LogP contribution is 2.15. The number of nitrogens with two attached hydrogens (primary N) is 1. The van der Waals surface area contributed by atoms with Crippen LogP contribution in [-0.4, -0.2) is 30.9 Å². The van der Waals surface area contributed by atoms with Gasteiger partial charge in [-0.05, 0) is 17.9 Å². The number of nitrogens with zero attached hydrogens (tertiary/aromatic N) is 1. The minimum Gasteiger partial charge on any atom is -0.345 e. The Morgan fingerprint density at radius 2 is 1.87 bits per heavy atom. The first-order valence-electron chi connectivity index (χ1n) is 5.22. The average Bonchev–Trinajstić information content (AvgIpc) is 2.02. The molecule has 0 rings (SSSR count). The monoisotopic (exact) mass is 236 g/mol. The lowest BCUT2D eigenvalue weighted by molar-refractivity contribution is -0.131. The van der Waals surface area contributed by atoms with Gasteiger partial charge in [0.2, 0.25) is 5.91 Å². The highest BCUT2D eigenvalue weighted by Gasteiger charge is 2.21. The molecule has 0 aliphatic heterocycles. The zero-order valence-electron chi connectivity index (χ0n) is 10.5. The van der Waals surface area contributed by atoms with E-state index >= 15 is 0 Å². The molecular formula is C11H25ClN2O. The number of hydrogen-bond donors (Lipinski definition) is 1. The first-order valence-corrected chi connectivity index (χ1v) is 5.22. The van der Waals surface area contributed by atoms with Gasteiger partial charge in [0.1, 0.15) is 0 Å². The maximum Gasteiger partial charge on any atom is 0.222 e. The molecule has 92 valence electrons. The zero-order valence-corrected chi connectivity index (χ0v) is 11.4. The van der Waals surface area contributed by atoms with Gasteiger partial charge in [0.25, 0.3) is 0 Å². The van der Waals surface area contributed by atoms with Crippen LogP contribution in [0, 0.1) is 11.3 Å². The van der Waals surface area contributed by atoms with Gasteiger partial charge >= 0.3 is 0 Å². The van der Waals surface area contributed by atoms with E-state index in [9.17, 15) is 4.79 Å². The summed E-state index contributed by atoms with van der Waals surface area (Å²) in [4.78, 5) is 13.4. The minimum atomic E-state index is 0. The number of amides is 1. The molecule has 0 fully saturated rings. The summed E-state index contributed by atoms with van der Waals surface area (Å²) in [5.74, 6) is 0.632. The fraction of sp³-hybridized carbons (Fsp3) is 0.909. The molecule has 15 heavy (non-hydrogen) atoms. The summed E-state index contributed by atoms with van der Waals surface area (Å²) < 4.78 is 0. The summed E-state index contributed by atoms with van der Waals surface area (Å²) in [6, 6.07) is 0. The van der Waals surface area contributed by atoms with E-state index in [4.69, 9.17) is 5.73 Å². The van der Waals surface area contributed by atoms with Crippen LogP contribution >= 0.6 is 12.4 Å². The second kappa shape index (κ2) is 7.07. The number of carbonyl (C=O) groups is 1. The summed E-state index contributed by atoms with van der Waals surface area (Å²) in [7, 11) is 1.85. The van der Waals surface area contributed by atoms with Crippen LogP contribution in [0.5, 0.6) is 0 Å². The van der Waals surface area contributed by atoms with Crippen LogP contribution in [0.1, 0.15) is 34.1 Å². The summed E-state index contributed by atoms with van der Waals surface area (Å²) >= 11 is 0. The molecule has 0 atom stereocenters. The van der Waals surface area contributed by atoms with Crippen molar-refractivity contribution in [1.29, 1.82) is 0 Å². The third-order valence-corrected chi connectivity index (χ3v) is 2.23. The number of hydrogen-bond acceptors (Lipinski definition) is 2. The molecule has 0 aromatic carbocycles. The maximum absolute atomic E-state index is 11.6. The Morgan fingerprint density at radius 1 is 1.40 bits per heavy atom. The minimum absolute atomic E-state index is 0. The van der Waals surface area contributed by atoms with Crippen LogP contribution < -0.4 is 5.73 Å². The second-order valence-corrected chi connectivity index (χ2v) is 5.22. The molecule has 0 saturated heterocycles. The van der Waals surface area contributed by atoms with Crippen LogP contribution in [0.4, 0.5) is 0 Å². The Morgan fingerprint density at radius 3 is 2.20 bits per heavy atom. The van der Waals surface area contributed by atoms with E-state index in [0.717, 1.165) is 6.54 Å². The molecular weight excluding hydrogens is 212 g/mol. The topological polar surface area (TPSA) is 46.3 Å². The van der Waals surface area contributed by atoms with Crippen molar-refractivity contribution in [3.05, 3.63) is 0 Å². The van der Waals surface area contributed by atoms with Crippen LogP contribution in [0.2, 0.25) is 0 Å². The molecule has 0 aromatic heterocycles. The van der Waals surface area contributed by atoms with Crippen LogP contribution in [0.3, 0.4) is 0 Å². The van der Waals surface area contributed by atoms with Crippen molar-refractivity contribution >= 4 is 18.3 Å². The SMILES string of the molecule is CC(C)CC(=O)N(C)CC(C)(C)CN.Cl. The molecule has 1 amide bonds. The van der Waals surface area contributed by atoms with Gasteiger partial charge in [-0.15, -0.1) is 12.4 Å². The molecule has 0 saturated carbocycles. The molecule has 0 aromatic rings. The molecule has 2 N–H and O–H groups in total. The van der Waals surface area contributed by atoms with Gasteiger partial charge in [-0.25, -0.2) is 0 Å². The van der Waals surface area contributed by atoms with Crippen molar-refractivity contribution in [3.8, 4) is 0 Å². The Hall–Kier alpha value is -0.280. The van der Waals surface area contributed by atoms with E-state index in [-0.39, 0.29) is 23.7 Å². The van der Waals surface area contributed by atoms with Crippen molar-refractivity contribution in [1.82, 2.24) is 4.90 Å². The van der Waals surface area contributed by atoms with Crippen LogP contribution in [0.25, 0.3) is 0 Å². The van der Waals surface area contributed by atoms with E-state index in [1.807, 2.05) is 7.05 Å². The molecule has 3 nitrogen and oxygen atoms in total. The predicted octanol–water partition coefficient (Wildman–Crippen LogP) is 1.90. The normalized spacial score (nSPS) is 11.1. The highest BCUT2D eigenvalue weighted by atomic mass is 35.5. The van der Waals surface area contributed by atoms with Gasteiger partial charge < -0.3 is 10.6 Å². The fourth-order valence-electron chi connectivity index (χ4n) is 1.30.